The second-order valence-corrected chi connectivity index (χ2v) is 20.4. The largest absolute Gasteiger partial charge is 1.00 e. The number of hydrogen-bond donors (Lipinski definition) is 0. The molecule has 0 aromatic heterocycles. The van der Waals surface area contributed by atoms with Crippen LogP contribution in [0.5, 0.6) is 0 Å². The number of hydrogen-bond acceptors (Lipinski definition) is 16. The second kappa shape index (κ2) is 21.5. The first-order valence-corrected chi connectivity index (χ1v) is 23.4. The molecule has 18 heteroatoms. The molecule has 2 saturated heterocycles. The molecule has 69 heavy (non-hydrogen) atoms. The van der Waals surface area contributed by atoms with Crippen molar-refractivity contribution < 1.29 is 136 Å². The number of carboxylic acid groups (broad SMARTS) is 2. The van der Waals surface area contributed by atoms with Gasteiger partial charge >= 0.3 is 71.1 Å². The van der Waals surface area contributed by atoms with E-state index in [2.05, 4.69) is 31.2 Å². The Morgan fingerprint density at radius 2 is 0.942 bits per heavy atom. The monoisotopic (exact) mass is 980 g/mol. The Morgan fingerprint density at radius 3 is 1.23 bits per heavy atom. The van der Waals surface area contributed by atoms with Gasteiger partial charge in [0.15, 0.2) is 17.1 Å². The summed E-state index contributed by atoms with van der Waals surface area (Å²) >= 11 is 0. The molecule has 2 aliphatic heterocycles. The first-order chi connectivity index (χ1) is 31.6. The number of carbonyl (C=O) groups excluding carboxylic acids is 4. The number of esters is 2. The summed E-state index contributed by atoms with van der Waals surface area (Å²) in [6.07, 6.45) is 9.17. The molecular formula is C51H66Na2O16. The number of rotatable bonds is 16. The van der Waals surface area contributed by atoms with E-state index in [1.54, 1.807) is 14.2 Å². The second-order valence-electron chi connectivity index (χ2n) is 20.4. The summed E-state index contributed by atoms with van der Waals surface area (Å²) in [5, 5.41) is 22.1. The molecule has 6 atom stereocenters. The van der Waals surface area contributed by atoms with Gasteiger partial charge in [-0.05, 0) is 103 Å². The van der Waals surface area contributed by atoms with Crippen molar-refractivity contribution in [1.29, 1.82) is 0 Å². The van der Waals surface area contributed by atoms with Crippen LogP contribution in [0.3, 0.4) is 0 Å². The molecule has 8 saturated carbocycles. The molecule has 368 valence electrons. The zero-order valence-electron chi connectivity index (χ0n) is 40.7. The van der Waals surface area contributed by atoms with Crippen LogP contribution in [0, 0.1) is 61.2 Å². The van der Waals surface area contributed by atoms with Crippen LogP contribution in [0.1, 0.15) is 107 Å². The fraction of sp³-hybridized carbons (Fsp3) is 0.686. The standard InChI is InChI=1S/C26H34O8.C24H30O8.CH4.2Na/c1-16-6-5-7-18(10-16)26(31-4)25(33-34-26)19-11-17-12-20(25)15-24(13-17,14-19)32-9-8-21(22(27)29-2)23(28)30-3;1-14-4-3-5-16(8-14)24(29-2)23(31-32-24)17-9-15-10-18(23)13-22(11-15,12-17)30-7-6-19(20(25)26)21(27)28;;;/h5-7,10,17,19-21H,8-9,11-15H2,1-4H3;3-5,8,15,17-19H,6-7,9-13H2,1-2H3,(H,25,26)(H,27,28);1H4;;/q;;;2*+1/p-2. The van der Waals surface area contributed by atoms with Crippen LogP contribution in [-0.4, -0.2) is 87.9 Å². The van der Waals surface area contributed by atoms with Gasteiger partial charge in [-0.3, -0.25) is 9.59 Å². The van der Waals surface area contributed by atoms with Gasteiger partial charge in [0.1, 0.15) is 0 Å². The molecule has 2 aromatic carbocycles. The third-order valence-corrected chi connectivity index (χ3v) is 16.9. The number of benzene rings is 2. The minimum Gasteiger partial charge on any atom is -0.549 e. The summed E-state index contributed by atoms with van der Waals surface area (Å²) in [7, 11) is 5.90. The molecule has 16 nitrogen and oxygen atoms in total. The van der Waals surface area contributed by atoms with Gasteiger partial charge in [-0.25, -0.2) is 9.78 Å². The molecule has 2 aromatic rings. The Hall–Kier alpha value is -2.00. The van der Waals surface area contributed by atoms with Crippen molar-refractivity contribution in [2.24, 2.45) is 47.3 Å². The molecule has 10 aliphatic rings. The minimum atomic E-state index is -1.67. The normalized spacial score (nSPS) is 36.8. The summed E-state index contributed by atoms with van der Waals surface area (Å²) in [5.41, 5.74) is 2.36. The van der Waals surface area contributed by atoms with Gasteiger partial charge < -0.3 is 48.2 Å². The van der Waals surface area contributed by atoms with E-state index in [-0.39, 0.29) is 115 Å². The molecule has 8 aliphatic carbocycles. The number of aliphatic carboxylic acids is 2. The topological polar surface area (TPSA) is 207 Å². The van der Waals surface area contributed by atoms with Gasteiger partial charge in [-0.1, -0.05) is 67.1 Å². The van der Waals surface area contributed by atoms with Gasteiger partial charge in [0.05, 0.1) is 37.4 Å². The fourth-order valence-corrected chi connectivity index (χ4v) is 14.5. The quantitative estimate of drug-likeness (QED) is 0.0828. The maximum atomic E-state index is 12.0. The summed E-state index contributed by atoms with van der Waals surface area (Å²) in [5.74, 6) is -7.21. The predicted octanol–water partition coefficient (Wildman–Crippen LogP) is -1.32. The Morgan fingerprint density at radius 1 is 0.580 bits per heavy atom. The molecule has 0 radical (unpaired) electrons. The third-order valence-electron chi connectivity index (χ3n) is 16.9. The van der Waals surface area contributed by atoms with E-state index in [0.717, 1.165) is 86.5 Å². The third kappa shape index (κ3) is 9.14. The molecule has 0 amide bonds. The van der Waals surface area contributed by atoms with Gasteiger partial charge in [0, 0.05) is 68.1 Å². The van der Waals surface area contributed by atoms with Crippen LogP contribution < -0.4 is 69.3 Å². The fourth-order valence-electron chi connectivity index (χ4n) is 14.5. The van der Waals surface area contributed by atoms with E-state index in [0.29, 0.717) is 18.4 Å². The maximum absolute atomic E-state index is 12.0. The average molecular weight is 981 g/mol. The first kappa shape index (κ1) is 56.3. The van der Waals surface area contributed by atoms with Crippen molar-refractivity contribution >= 4 is 23.9 Å². The van der Waals surface area contributed by atoms with E-state index in [9.17, 15) is 29.4 Å². The van der Waals surface area contributed by atoms with Crippen molar-refractivity contribution in [2.75, 3.05) is 41.7 Å². The summed E-state index contributed by atoms with van der Waals surface area (Å²) in [4.78, 5) is 69.9. The number of carboxylic acids is 2. The van der Waals surface area contributed by atoms with Crippen molar-refractivity contribution in [1.82, 2.24) is 0 Å². The van der Waals surface area contributed by atoms with Gasteiger partial charge in [0.2, 0.25) is 0 Å². The molecule has 10 fully saturated rings. The Kier molecular flexibility index (Phi) is 17.5. The summed E-state index contributed by atoms with van der Waals surface area (Å²) in [6, 6.07) is 16.4. The van der Waals surface area contributed by atoms with E-state index >= 15 is 0 Å². The van der Waals surface area contributed by atoms with Gasteiger partial charge in [-0.15, -0.1) is 0 Å². The smallest absolute Gasteiger partial charge is 0.549 e. The van der Waals surface area contributed by atoms with Crippen LogP contribution in [0.2, 0.25) is 0 Å². The Labute approximate surface area is 449 Å². The molecular weight excluding hydrogens is 915 g/mol. The van der Waals surface area contributed by atoms with Crippen LogP contribution in [0.15, 0.2) is 48.5 Å². The SMILES string of the molecule is C.COC(=O)C(CCOC12CC3CC(C1)C1(OOC1(OC)c1cccc(C)c1)C(C3)C2)C(=O)OC.COC1(c2cccc(C)c2)OOC12C1CC3CC2CC(OCCC(C(=O)[O-])C(=O)[O-])(C3)C1.[Na+].[Na+]. The van der Waals surface area contributed by atoms with E-state index < -0.39 is 64.1 Å². The van der Waals surface area contributed by atoms with E-state index in [1.807, 2.05) is 31.2 Å². The molecule has 2 heterocycles. The van der Waals surface area contributed by atoms with Crippen molar-refractivity contribution in [2.45, 2.75) is 132 Å². The zero-order valence-corrected chi connectivity index (χ0v) is 44.7. The number of aryl methyl sites for hydroxylation is 2. The molecule has 8 bridgehead atoms. The Bertz CT molecular complexity index is 2130. The van der Waals surface area contributed by atoms with Crippen LogP contribution >= 0.6 is 0 Å². The number of methoxy groups -OCH3 is 4. The summed E-state index contributed by atoms with van der Waals surface area (Å²) < 4.78 is 34.5. The minimum absolute atomic E-state index is 0. The van der Waals surface area contributed by atoms with Crippen LogP contribution in [0.25, 0.3) is 0 Å². The van der Waals surface area contributed by atoms with Crippen LogP contribution in [-0.2, 0) is 78.7 Å². The average Bonchev–Trinajstić information content (AvgIpc) is 3.26. The first-order valence-electron chi connectivity index (χ1n) is 23.4. The molecule has 6 unspecified atom stereocenters. The maximum Gasteiger partial charge on any atom is 1.00 e. The van der Waals surface area contributed by atoms with Gasteiger partial charge in [-0.2, -0.15) is 9.78 Å². The van der Waals surface area contributed by atoms with Crippen molar-refractivity contribution in [3.05, 3.63) is 70.8 Å². The molecule has 2 spiro atoms. The van der Waals surface area contributed by atoms with Crippen molar-refractivity contribution in [3.8, 4) is 0 Å². The summed E-state index contributed by atoms with van der Waals surface area (Å²) in [6.45, 7) is 4.43. The zero-order chi connectivity index (χ0) is 46.9. The van der Waals surface area contributed by atoms with Gasteiger partial charge in [0.25, 0.3) is 11.6 Å². The number of ether oxygens (including phenoxy) is 6. The number of carbonyl (C=O) groups is 4. The van der Waals surface area contributed by atoms with Crippen LogP contribution in [0.4, 0.5) is 0 Å². The Balaban J connectivity index is 0.000000218. The van der Waals surface area contributed by atoms with E-state index in [1.165, 1.54) is 14.2 Å². The van der Waals surface area contributed by atoms with Crippen molar-refractivity contribution in [3.63, 3.8) is 0 Å². The van der Waals surface area contributed by atoms with E-state index in [4.69, 9.17) is 48.0 Å². The molecule has 12 rings (SSSR count). The predicted molar refractivity (Wildman–Crippen MR) is 231 cm³/mol. The molecule has 0 N–H and O–H groups in total.